The number of aliphatic hydroxyl groups is 3. The smallest absolute Gasteiger partial charge is 0.308 e. The molecule has 0 amide bonds. The van der Waals surface area contributed by atoms with Gasteiger partial charge in [-0.2, -0.15) is 0 Å². The van der Waals surface area contributed by atoms with Crippen LogP contribution in [-0.2, 0) is 23.8 Å². The normalized spacial score (nSPS) is 40.5. The van der Waals surface area contributed by atoms with Crippen molar-refractivity contribution in [3.05, 3.63) is 23.8 Å². The van der Waals surface area contributed by atoms with Gasteiger partial charge in [-0.3, -0.25) is 9.59 Å². The highest BCUT2D eigenvalue weighted by Gasteiger charge is 2.47. The summed E-state index contributed by atoms with van der Waals surface area (Å²) >= 11 is 0. The number of likely N-dealkylation sites (tertiary alicyclic amines) is 1. The fourth-order valence-corrected chi connectivity index (χ4v) is 8.70. The van der Waals surface area contributed by atoms with Crippen molar-refractivity contribution in [2.24, 2.45) is 41.2 Å². The molecule has 306 valence electrons. The van der Waals surface area contributed by atoms with Crippen LogP contribution in [0.4, 0.5) is 0 Å². The van der Waals surface area contributed by atoms with Gasteiger partial charge in [0.25, 0.3) is 0 Å². The summed E-state index contributed by atoms with van der Waals surface area (Å²) in [5.41, 5.74) is 6.59. The molecule has 12 nitrogen and oxygen atoms in total. The van der Waals surface area contributed by atoms with E-state index in [0.717, 1.165) is 38.2 Å². The molecule has 0 aliphatic carbocycles. The van der Waals surface area contributed by atoms with Crippen LogP contribution >= 0.6 is 0 Å². The minimum atomic E-state index is -1.19. The molecule has 3 heterocycles. The van der Waals surface area contributed by atoms with Crippen LogP contribution in [0.15, 0.2) is 23.8 Å². The second-order valence-corrected chi connectivity index (χ2v) is 16.9. The Morgan fingerprint density at radius 3 is 2.32 bits per heavy atom. The number of piperidine rings is 1. The first-order valence-electron chi connectivity index (χ1n) is 20.3. The molecule has 53 heavy (non-hydrogen) atoms. The fourth-order valence-electron chi connectivity index (χ4n) is 8.70. The Morgan fingerprint density at radius 2 is 1.70 bits per heavy atom. The predicted molar refractivity (Wildman–Crippen MR) is 208 cm³/mol. The number of cyclic esters (lactones) is 1. The van der Waals surface area contributed by atoms with Gasteiger partial charge >= 0.3 is 5.97 Å². The summed E-state index contributed by atoms with van der Waals surface area (Å²) in [4.78, 5) is 31.6. The van der Waals surface area contributed by atoms with E-state index >= 15 is 0 Å². The summed E-state index contributed by atoms with van der Waals surface area (Å²) in [6, 6.07) is -0.648. The lowest BCUT2D eigenvalue weighted by molar-refractivity contribution is -0.304. The maximum atomic E-state index is 13.8. The van der Waals surface area contributed by atoms with E-state index in [4.69, 9.17) is 19.9 Å². The molecule has 2 fully saturated rings. The van der Waals surface area contributed by atoms with Crippen LogP contribution in [0.5, 0.6) is 0 Å². The van der Waals surface area contributed by atoms with Gasteiger partial charge in [-0.25, -0.2) is 0 Å². The first-order valence-corrected chi connectivity index (χ1v) is 20.3. The zero-order valence-corrected chi connectivity index (χ0v) is 34.2. The molecule has 0 aromatic carbocycles. The van der Waals surface area contributed by atoms with Crippen LogP contribution in [-0.4, -0.2) is 139 Å². The molecule has 14 atom stereocenters. The van der Waals surface area contributed by atoms with E-state index in [1.807, 2.05) is 33.8 Å². The summed E-state index contributed by atoms with van der Waals surface area (Å²) in [5.74, 6) is -0.692. The average Bonchev–Trinajstić information content (AvgIpc) is 3.09. The summed E-state index contributed by atoms with van der Waals surface area (Å²) in [6.45, 7) is 18.7. The van der Waals surface area contributed by atoms with Crippen LogP contribution in [0.3, 0.4) is 0 Å². The van der Waals surface area contributed by atoms with Crippen molar-refractivity contribution in [1.29, 1.82) is 0 Å². The minimum absolute atomic E-state index is 0.00327. The van der Waals surface area contributed by atoms with E-state index in [0.29, 0.717) is 44.2 Å². The van der Waals surface area contributed by atoms with E-state index in [2.05, 4.69) is 30.1 Å². The highest BCUT2D eigenvalue weighted by atomic mass is 16.7. The molecule has 12 heteroatoms. The van der Waals surface area contributed by atoms with Gasteiger partial charge in [0.05, 0.1) is 36.9 Å². The van der Waals surface area contributed by atoms with E-state index in [1.165, 1.54) is 6.42 Å². The Balaban J connectivity index is 2.03. The molecule has 3 rings (SSSR count). The zero-order valence-electron chi connectivity index (χ0n) is 34.2. The van der Waals surface area contributed by atoms with Gasteiger partial charge < -0.3 is 50.4 Å². The first kappa shape index (κ1) is 45.6. The third kappa shape index (κ3) is 13.8. The van der Waals surface area contributed by atoms with Gasteiger partial charge in [-0.05, 0) is 104 Å². The van der Waals surface area contributed by atoms with Crippen LogP contribution < -0.4 is 11.1 Å². The van der Waals surface area contributed by atoms with E-state index < -0.39 is 60.8 Å². The molecule has 0 aromatic rings. The molecule has 0 spiro atoms. The summed E-state index contributed by atoms with van der Waals surface area (Å²) < 4.78 is 19.0. The number of ether oxygens (including phenoxy) is 3. The molecule has 2 saturated heterocycles. The molecule has 0 radical (unpaired) electrons. The van der Waals surface area contributed by atoms with Crippen LogP contribution in [0, 0.1) is 35.5 Å². The molecule has 3 aliphatic rings. The number of carbonyl (C=O) groups excluding carboxylic acids is 2. The molecular weight excluding hydrogens is 676 g/mol. The monoisotopic (exact) mass is 751 g/mol. The van der Waals surface area contributed by atoms with Crippen molar-refractivity contribution in [3.8, 4) is 0 Å². The number of nitrogens with one attached hydrogen (secondary N) is 1. The number of carbonyl (C=O) groups is 2. The number of esters is 1. The number of hydrogen-bond acceptors (Lipinski definition) is 12. The van der Waals surface area contributed by atoms with Crippen molar-refractivity contribution in [3.63, 3.8) is 0 Å². The highest BCUT2D eigenvalue weighted by Crippen LogP contribution is 2.35. The third-order valence-corrected chi connectivity index (χ3v) is 11.7. The standard InChI is InChI=1S/C41H74N4O8/c1-10-35-32(22-43-16-11-15-42)19-25(2)12-13-33(46)28(5)20-31(14-17-45-23-26(3)18-27(4)24-45)40(29(6)34(47)21-36(48)52-35)53-41-39(50)37(44(8)9)38(49)30(7)51-41/h12-13,19,26-32,34-35,37-41,43,47,49-50H,10-11,14-18,20-24,42H2,1-9H3/b13-12+,25-19+/t26-,27+,28-,29+,30-,31+,32-,34-,35?,37+,38-,39-,40-,41+/m1/s1. The van der Waals surface area contributed by atoms with Gasteiger partial charge in [0.1, 0.15) is 12.2 Å². The maximum Gasteiger partial charge on any atom is 0.308 e. The van der Waals surface area contributed by atoms with Gasteiger partial charge in [0.15, 0.2) is 12.1 Å². The Labute approximate surface area is 319 Å². The lowest BCUT2D eigenvalue weighted by Gasteiger charge is -2.47. The van der Waals surface area contributed by atoms with Crippen molar-refractivity contribution >= 4 is 11.8 Å². The van der Waals surface area contributed by atoms with Crippen molar-refractivity contribution in [1.82, 2.24) is 15.1 Å². The topological polar surface area (TPSA) is 167 Å². The van der Waals surface area contributed by atoms with Gasteiger partial charge in [0.2, 0.25) is 0 Å². The fraction of sp³-hybridized carbons (Fsp3) is 0.854. The van der Waals surface area contributed by atoms with Crippen LogP contribution in [0.1, 0.15) is 87.0 Å². The molecule has 1 unspecified atom stereocenters. The van der Waals surface area contributed by atoms with E-state index in [-0.39, 0.29) is 30.0 Å². The van der Waals surface area contributed by atoms with Crippen molar-refractivity contribution in [2.75, 3.05) is 53.4 Å². The molecule has 3 aliphatic heterocycles. The van der Waals surface area contributed by atoms with Crippen LogP contribution in [0.25, 0.3) is 0 Å². The summed E-state index contributed by atoms with van der Waals surface area (Å²) in [7, 11) is 3.59. The number of ketones is 1. The molecular formula is C41H74N4O8. The van der Waals surface area contributed by atoms with E-state index in [1.54, 1.807) is 32.0 Å². The number of allylic oxidation sites excluding steroid dienone is 3. The Morgan fingerprint density at radius 1 is 1.02 bits per heavy atom. The Kier molecular flexibility index (Phi) is 19.0. The van der Waals surface area contributed by atoms with E-state index in [9.17, 15) is 24.9 Å². The lowest BCUT2D eigenvalue weighted by Crippen LogP contribution is -2.63. The van der Waals surface area contributed by atoms with Crippen LogP contribution in [0.2, 0.25) is 0 Å². The van der Waals surface area contributed by atoms with Crippen molar-refractivity contribution < 1.29 is 39.1 Å². The minimum Gasteiger partial charge on any atom is -0.462 e. The zero-order chi connectivity index (χ0) is 39.4. The number of rotatable bonds is 12. The molecule has 0 saturated carbocycles. The van der Waals surface area contributed by atoms with Crippen molar-refractivity contribution in [2.45, 2.75) is 136 Å². The quantitative estimate of drug-likeness (QED) is 0.146. The summed E-state index contributed by atoms with van der Waals surface area (Å²) in [6.07, 6.45) is 2.90. The third-order valence-electron chi connectivity index (χ3n) is 11.7. The maximum absolute atomic E-state index is 13.8. The number of hydrogen-bond donors (Lipinski definition) is 5. The molecule has 0 bridgehead atoms. The lowest BCUT2D eigenvalue weighted by atomic mass is 9.79. The second-order valence-electron chi connectivity index (χ2n) is 16.9. The largest absolute Gasteiger partial charge is 0.462 e. The first-order chi connectivity index (χ1) is 25.1. The SMILES string of the molecule is CCC1OC(=O)C[C@@H](O)[C@H](C)[C@@H](O[C@@H]2O[C@H](C)[C@@H](O)[C@H](N(C)C)[C@H]2O)[C@@H](CCN2C[C@H](C)C[C@H](C)C2)C[C@@H](C)C(=O)/C=C/C(C)=C/[C@@H]1CNCCCN. The number of nitrogens with zero attached hydrogens (tertiary/aromatic N) is 2. The Bertz CT molecular complexity index is 1170. The highest BCUT2D eigenvalue weighted by molar-refractivity contribution is 5.91. The number of likely N-dealkylation sites (N-methyl/N-ethyl adjacent to an activating group) is 1. The number of nitrogens with two attached hydrogens (primary N) is 1. The van der Waals surface area contributed by atoms with Gasteiger partial charge in [-0.1, -0.05) is 52.3 Å². The number of aliphatic hydroxyl groups excluding tert-OH is 3. The molecule has 6 N–H and O–H groups in total. The summed E-state index contributed by atoms with van der Waals surface area (Å²) in [5, 5.41) is 37.7. The second kappa shape index (κ2) is 22.1. The van der Waals surface area contributed by atoms with Gasteiger partial charge in [0, 0.05) is 37.4 Å². The van der Waals surface area contributed by atoms with Gasteiger partial charge in [-0.15, -0.1) is 0 Å². The Hall–Kier alpha value is -1.74. The molecule has 0 aromatic heterocycles. The predicted octanol–water partition coefficient (Wildman–Crippen LogP) is 3.13. The average molecular weight is 751 g/mol.